The lowest BCUT2D eigenvalue weighted by molar-refractivity contribution is -0.117. The fourth-order valence-electron chi connectivity index (χ4n) is 2.47. The molecule has 144 valence electrons. The van der Waals surface area contributed by atoms with Crippen LogP contribution in [-0.2, 0) is 11.3 Å². The molecule has 6 nitrogen and oxygen atoms in total. The highest BCUT2D eigenvalue weighted by Gasteiger charge is 2.08. The van der Waals surface area contributed by atoms with Crippen LogP contribution in [0.4, 0.5) is 0 Å². The average molecular weight is 378 g/mol. The SMILES string of the molecule is COc1cc(CNC(=O)/C(C#N)=C/C=C/c2ccc(O)c(OC)c2)ccc1C. The minimum Gasteiger partial charge on any atom is -0.504 e. The van der Waals surface area contributed by atoms with Gasteiger partial charge in [0.05, 0.1) is 14.2 Å². The lowest BCUT2D eigenvalue weighted by Crippen LogP contribution is -2.24. The summed E-state index contributed by atoms with van der Waals surface area (Å²) in [5.41, 5.74) is 2.63. The van der Waals surface area contributed by atoms with Crippen LogP contribution in [0.15, 0.2) is 54.1 Å². The van der Waals surface area contributed by atoms with E-state index in [1.165, 1.54) is 19.3 Å². The van der Waals surface area contributed by atoms with E-state index in [0.29, 0.717) is 5.75 Å². The Kier molecular flexibility index (Phi) is 7.23. The normalized spacial score (nSPS) is 11.1. The maximum atomic E-state index is 12.2. The number of carbonyl (C=O) groups is 1. The number of carbonyl (C=O) groups excluding carboxylic acids is 1. The van der Waals surface area contributed by atoms with Crippen molar-refractivity contribution in [1.82, 2.24) is 5.32 Å². The number of amides is 1. The molecule has 0 heterocycles. The van der Waals surface area contributed by atoms with E-state index in [-0.39, 0.29) is 17.9 Å². The fraction of sp³-hybridized carbons (Fsp3) is 0.182. The van der Waals surface area contributed by atoms with Crippen molar-refractivity contribution < 1.29 is 19.4 Å². The second-order valence-electron chi connectivity index (χ2n) is 5.97. The van der Waals surface area contributed by atoms with Gasteiger partial charge < -0.3 is 19.9 Å². The zero-order valence-corrected chi connectivity index (χ0v) is 16.0. The third-order valence-electron chi connectivity index (χ3n) is 4.05. The number of nitriles is 1. The number of phenolic OH excluding ortho intramolecular Hbond substituents is 1. The minimum absolute atomic E-state index is 0.0129. The number of nitrogens with zero attached hydrogens (tertiary/aromatic N) is 1. The number of ether oxygens (including phenoxy) is 2. The number of aromatic hydroxyl groups is 1. The van der Waals surface area contributed by atoms with E-state index in [4.69, 9.17) is 9.47 Å². The van der Waals surface area contributed by atoms with E-state index >= 15 is 0 Å². The summed E-state index contributed by atoms with van der Waals surface area (Å²) in [5.74, 6) is 0.669. The molecule has 0 spiro atoms. The van der Waals surface area contributed by atoms with Crippen LogP contribution in [0.2, 0.25) is 0 Å². The van der Waals surface area contributed by atoms with Crippen LogP contribution in [0.5, 0.6) is 17.2 Å². The summed E-state index contributed by atoms with van der Waals surface area (Å²) in [7, 11) is 3.06. The highest BCUT2D eigenvalue weighted by atomic mass is 16.5. The molecule has 2 N–H and O–H groups in total. The molecule has 0 radical (unpaired) electrons. The van der Waals surface area contributed by atoms with Crippen LogP contribution in [0, 0.1) is 18.3 Å². The number of methoxy groups -OCH3 is 2. The van der Waals surface area contributed by atoms with Gasteiger partial charge in [0.2, 0.25) is 0 Å². The van der Waals surface area contributed by atoms with E-state index in [0.717, 1.165) is 22.4 Å². The Labute approximate surface area is 164 Å². The number of hydrogen-bond donors (Lipinski definition) is 2. The molecule has 0 saturated carbocycles. The smallest absolute Gasteiger partial charge is 0.262 e. The molecule has 1 amide bonds. The zero-order chi connectivity index (χ0) is 20.5. The lowest BCUT2D eigenvalue weighted by atomic mass is 10.1. The predicted octanol–water partition coefficient (Wildman–Crippen LogP) is 3.50. The van der Waals surface area contributed by atoms with Crippen molar-refractivity contribution in [2.45, 2.75) is 13.5 Å². The van der Waals surface area contributed by atoms with Crippen LogP contribution in [0.25, 0.3) is 6.08 Å². The van der Waals surface area contributed by atoms with Gasteiger partial charge in [-0.05, 0) is 47.9 Å². The molecular formula is C22H22N2O4. The molecule has 0 aliphatic heterocycles. The standard InChI is InChI=1S/C22H22N2O4/c1-15-7-8-17(12-20(15)27-2)14-24-22(26)18(13-23)6-4-5-16-9-10-19(25)21(11-16)28-3/h4-12,25H,14H2,1-3H3,(H,24,26)/b5-4+,18-6+. The summed E-state index contributed by atoms with van der Waals surface area (Å²) >= 11 is 0. The van der Waals surface area contributed by atoms with Crippen molar-refractivity contribution in [3.63, 3.8) is 0 Å². The van der Waals surface area contributed by atoms with Crippen LogP contribution in [0.1, 0.15) is 16.7 Å². The molecule has 0 aromatic heterocycles. The summed E-state index contributed by atoms with van der Waals surface area (Å²) in [4.78, 5) is 12.2. The zero-order valence-electron chi connectivity index (χ0n) is 16.0. The summed E-state index contributed by atoms with van der Waals surface area (Å²) in [6.07, 6.45) is 4.74. The van der Waals surface area contributed by atoms with E-state index in [2.05, 4.69) is 5.32 Å². The van der Waals surface area contributed by atoms with Gasteiger partial charge in [-0.25, -0.2) is 0 Å². The molecule has 2 rings (SSSR count). The maximum absolute atomic E-state index is 12.2. The first-order valence-corrected chi connectivity index (χ1v) is 8.55. The summed E-state index contributed by atoms with van der Waals surface area (Å²) in [6.45, 7) is 2.22. The Morgan fingerprint density at radius 2 is 1.93 bits per heavy atom. The summed E-state index contributed by atoms with van der Waals surface area (Å²) < 4.78 is 10.3. The minimum atomic E-state index is -0.463. The highest BCUT2D eigenvalue weighted by molar-refractivity contribution is 5.97. The number of hydrogen-bond acceptors (Lipinski definition) is 5. The van der Waals surface area contributed by atoms with Gasteiger partial charge in [-0.15, -0.1) is 0 Å². The third kappa shape index (κ3) is 5.39. The monoisotopic (exact) mass is 378 g/mol. The van der Waals surface area contributed by atoms with Crippen LogP contribution >= 0.6 is 0 Å². The first-order valence-electron chi connectivity index (χ1n) is 8.55. The molecule has 0 aliphatic carbocycles. The van der Waals surface area contributed by atoms with Crippen molar-refractivity contribution in [3.8, 4) is 23.3 Å². The van der Waals surface area contributed by atoms with Gasteiger partial charge in [-0.1, -0.05) is 30.4 Å². The Morgan fingerprint density at radius 3 is 2.61 bits per heavy atom. The molecule has 0 saturated heterocycles. The molecule has 28 heavy (non-hydrogen) atoms. The Morgan fingerprint density at radius 1 is 1.18 bits per heavy atom. The van der Waals surface area contributed by atoms with E-state index in [9.17, 15) is 15.2 Å². The average Bonchev–Trinajstić information content (AvgIpc) is 2.71. The largest absolute Gasteiger partial charge is 0.504 e. The van der Waals surface area contributed by atoms with Gasteiger partial charge in [-0.2, -0.15) is 5.26 Å². The van der Waals surface area contributed by atoms with Crippen molar-refractivity contribution in [3.05, 3.63) is 70.8 Å². The topological polar surface area (TPSA) is 91.6 Å². The van der Waals surface area contributed by atoms with Gasteiger partial charge in [0, 0.05) is 6.54 Å². The molecule has 0 bridgehead atoms. The molecule has 2 aromatic carbocycles. The highest BCUT2D eigenvalue weighted by Crippen LogP contribution is 2.26. The summed E-state index contributed by atoms with van der Waals surface area (Å²) in [5, 5.41) is 21.6. The molecular weight excluding hydrogens is 356 g/mol. The Balaban J connectivity index is 2.03. The molecule has 0 fully saturated rings. The van der Waals surface area contributed by atoms with Gasteiger partial charge in [0.1, 0.15) is 17.4 Å². The number of nitrogens with one attached hydrogen (secondary N) is 1. The van der Waals surface area contributed by atoms with Crippen molar-refractivity contribution in [2.75, 3.05) is 14.2 Å². The van der Waals surface area contributed by atoms with Gasteiger partial charge in [0.25, 0.3) is 5.91 Å². The molecule has 0 atom stereocenters. The first kappa shape index (κ1) is 20.6. The van der Waals surface area contributed by atoms with Gasteiger partial charge >= 0.3 is 0 Å². The molecule has 2 aromatic rings. The second-order valence-corrected chi connectivity index (χ2v) is 5.97. The second kappa shape index (κ2) is 9.83. The number of allylic oxidation sites excluding steroid dienone is 2. The van der Waals surface area contributed by atoms with Crippen LogP contribution in [0.3, 0.4) is 0 Å². The van der Waals surface area contributed by atoms with Gasteiger partial charge in [-0.3, -0.25) is 4.79 Å². The predicted molar refractivity (Wildman–Crippen MR) is 107 cm³/mol. The quantitative estimate of drug-likeness (QED) is 0.437. The lowest BCUT2D eigenvalue weighted by Gasteiger charge is -2.08. The Bertz CT molecular complexity index is 955. The Hall–Kier alpha value is -3.72. The molecule has 0 unspecified atom stereocenters. The van der Waals surface area contributed by atoms with Crippen molar-refractivity contribution in [1.29, 1.82) is 5.26 Å². The molecule has 0 aliphatic rings. The van der Waals surface area contributed by atoms with E-state index < -0.39 is 5.91 Å². The number of phenols is 1. The maximum Gasteiger partial charge on any atom is 0.262 e. The van der Waals surface area contributed by atoms with E-state index in [1.807, 2.05) is 31.2 Å². The number of rotatable bonds is 7. The van der Waals surface area contributed by atoms with Crippen LogP contribution in [-0.4, -0.2) is 25.2 Å². The first-order chi connectivity index (χ1) is 13.5. The summed E-state index contributed by atoms with van der Waals surface area (Å²) in [6, 6.07) is 12.4. The van der Waals surface area contributed by atoms with Gasteiger partial charge in [0.15, 0.2) is 11.5 Å². The van der Waals surface area contributed by atoms with E-state index in [1.54, 1.807) is 31.4 Å². The fourth-order valence-corrected chi connectivity index (χ4v) is 2.47. The number of benzene rings is 2. The van der Waals surface area contributed by atoms with Crippen LogP contribution < -0.4 is 14.8 Å². The van der Waals surface area contributed by atoms with Crippen molar-refractivity contribution in [2.24, 2.45) is 0 Å². The molecule has 6 heteroatoms. The third-order valence-corrected chi connectivity index (χ3v) is 4.05. The van der Waals surface area contributed by atoms with Crippen molar-refractivity contribution >= 4 is 12.0 Å². The number of aryl methyl sites for hydroxylation is 1.